The van der Waals surface area contributed by atoms with Crippen molar-refractivity contribution in [2.75, 3.05) is 26.7 Å². The highest BCUT2D eigenvalue weighted by Gasteiger charge is 2.08. The van der Waals surface area contributed by atoms with Gasteiger partial charge in [-0.3, -0.25) is 0 Å². The van der Waals surface area contributed by atoms with Crippen LogP contribution in [0.25, 0.3) is 0 Å². The summed E-state index contributed by atoms with van der Waals surface area (Å²) in [6, 6.07) is 7.67. The second-order valence-electron chi connectivity index (χ2n) is 6.57. The highest BCUT2D eigenvalue weighted by atomic mass is 127. The molecular formula is C21H33IN4O2S. The number of nitrogens with one attached hydrogen (secondary N) is 2. The van der Waals surface area contributed by atoms with E-state index < -0.39 is 0 Å². The summed E-state index contributed by atoms with van der Waals surface area (Å²) in [5, 5.41) is 10.0. The molecule has 1 unspecified atom stereocenters. The van der Waals surface area contributed by atoms with Crippen LogP contribution in [0.4, 0.5) is 0 Å². The Kier molecular flexibility index (Phi) is 12.7. The van der Waals surface area contributed by atoms with Gasteiger partial charge in [0, 0.05) is 24.2 Å². The fourth-order valence-corrected chi connectivity index (χ4v) is 3.48. The molecule has 0 aliphatic carbocycles. The zero-order valence-electron chi connectivity index (χ0n) is 17.7. The molecule has 1 atom stereocenters. The number of halogens is 1. The number of thiazole rings is 1. The van der Waals surface area contributed by atoms with Gasteiger partial charge in [0.25, 0.3) is 0 Å². The van der Waals surface area contributed by atoms with Gasteiger partial charge >= 0.3 is 0 Å². The van der Waals surface area contributed by atoms with Crippen molar-refractivity contribution in [3.8, 4) is 11.5 Å². The summed E-state index contributed by atoms with van der Waals surface area (Å²) >= 11 is 1.75. The summed E-state index contributed by atoms with van der Waals surface area (Å²) in [6.45, 7) is 8.39. The molecule has 6 nitrogen and oxygen atoms in total. The van der Waals surface area contributed by atoms with Crippen molar-refractivity contribution in [3.05, 3.63) is 40.3 Å². The normalized spacial score (nSPS) is 12.1. The number of unbranched alkanes of at least 4 members (excludes halogenated alkanes) is 1. The maximum atomic E-state index is 5.97. The molecule has 1 heterocycles. The number of benzene rings is 1. The maximum absolute atomic E-state index is 5.97. The lowest BCUT2D eigenvalue weighted by Gasteiger charge is -2.16. The van der Waals surface area contributed by atoms with Gasteiger partial charge in [-0.05, 0) is 52.2 Å². The number of para-hydroxylation sites is 2. The summed E-state index contributed by atoms with van der Waals surface area (Å²) in [7, 11) is 1.65. The highest BCUT2D eigenvalue weighted by molar-refractivity contribution is 14.0. The largest absolute Gasteiger partial charge is 0.493 e. The molecule has 162 valence electrons. The summed E-state index contributed by atoms with van der Waals surface area (Å²) in [5.41, 5.74) is 1.11. The lowest BCUT2D eigenvalue weighted by Crippen LogP contribution is -2.38. The Bertz CT molecular complexity index is 739. The van der Waals surface area contributed by atoms with E-state index in [2.05, 4.69) is 32.9 Å². The number of rotatable bonds is 11. The van der Waals surface area contributed by atoms with Gasteiger partial charge < -0.3 is 20.1 Å². The van der Waals surface area contributed by atoms with Crippen LogP contribution in [0.3, 0.4) is 0 Å². The summed E-state index contributed by atoms with van der Waals surface area (Å²) in [4.78, 5) is 9.15. The number of aryl methyl sites for hydroxylation is 2. The van der Waals surface area contributed by atoms with Gasteiger partial charge in [-0.2, -0.15) is 0 Å². The van der Waals surface area contributed by atoms with Crippen LogP contribution in [0.15, 0.2) is 34.6 Å². The fourth-order valence-electron chi connectivity index (χ4n) is 2.66. The average molecular weight is 532 g/mol. The zero-order valence-corrected chi connectivity index (χ0v) is 20.9. The first kappa shape index (κ1) is 25.5. The van der Waals surface area contributed by atoms with E-state index in [0.29, 0.717) is 6.54 Å². The van der Waals surface area contributed by atoms with Gasteiger partial charge in [-0.25, -0.2) is 9.98 Å². The highest BCUT2D eigenvalue weighted by Crippen LogP contribution is 2.26. The first-order chi connectivity index (χ1) is 13.6. The summed E-state index contributed by atoms with van der Waals surface area (Å²) in [6.07, 6.45) is 3.18. The van der Waals surface area contributed by atoms with Crippen LogP contribution in [-0.2, 0) is 6.42 Å². The molecule has 1 aromatic heterocycles. The van der Waals surface area contributed by atoms with Crippen molar-refractivity contribution >= 4 is 41.3 Å². The first-order valence-electron chi connectivity index (χ1n) is 9.85. The van der Waals surface area contributed by atoms with Gasteiger partial charge in [0.15, 0.2) is 17.5 Å². The van der Waals surface area contributed by atoms with E-state index in [0.717, 1.165) is 55.5 Å². The molecule has 0 fully saturated rings. The molecule has 0 spiro atoms. The maximum Gasteiger partial charge on any atom is 0.191 e. The molecule has 0 radical (unpaired) electrons. The molecule has 2 rings (SSSR count). The second-order valence-corrected chi connectivity index (χ2v) is 7.51. The molecule has 29 heavy (non-hydrogen) atoms. The van der Waals surface area contributed by atoms with Crippen molar-refractivity contribution in [2.45, 2.75) is 46.1 Å². The molecule has 0 saturated carbocycles. The average Bonchev–Trinajstić information content (AvgIpc) is 3.11. The van der Waals surface area contributed by atoms with Crippen molar-refractivity contribution < 1.29 is 9.47 Å². The molecule has 0 aliphatic rings. The van der Waals surface area contributed by atoms with Crippen LogP contribution in [0.1, 0.15) is 37.4 Å². The van der Waals surface area contributed by atoms with Crippen molar-refractivity contribution in [3.63, 3.8) is 0 Å². The van der Waals surface area contributed by atoms with Crippen LogP contribution < -0.4 is 20.1 Å². The minimum absolute atomic E-state index is 0. The number of nitrogens with zero attached hydrogens (tertiary/aromatic N) is 2. The standard InChI is InChI=1S/C21H32N4O2S.HI/c1-5-22-21(23-13-9-8-12-20-25-16(2)15-28-20)24-14-17(3)27-19-11-7-6-10-18(19)26-4;/h6-7,10-11,15,17H,5,8-9,12-14H2,1-4H3,(H2,22,23,24);1H. The number of aromatic nitrogens is 1. The van der Waals surface area contributed by atoms with E-state index in [1.165, 1.54) is 5.01 Å². The Labute approximate surface area is 195 Å². The number of methoxy groups -OCH3 is 1. The van der Waals surface area contributed by atoms with Crippen LogP contribution >= 0.6 is 35.3 Å². The van der Waals surface area contributed by atoms with Gasteiger partial charge in [0.05, 0.1) is 18.7 Å². The summed E-state index contributed by atoms with van der Waals surface area (Å²) in [5.74, 6) is 2.30. The third-order valence-corrected chi connectivity index (χ3v) is 5.05. The molecule has 0 saturated heterocycles. The fraction of sp³-hybridized carbons (Fsp3) is 0.524. The minimum Gasteiger partial charge on any atom is -0.493 e. The molecule has 0 aliphatic heterocycles. The van der Waals surface area contributed by atoms with Crippen molar-refractivity contribution in [1.82, 2.24) is 15.6 Å². The second kappa shape index (κ2) is 14.4. The number of aliphatic imine (C=N–C) groups is 1. The Balaban J connectivity index is 0.00000420. The smallest absolute Gasteiger partial charge is 0.191 e. The molecule has 2 aromatic rings. The van der Waals surface area contributed by atoms with Gasteiger partial charge in [0.2, 0.25) is 0 Å². The molecular weight excluding hydrogens is 499 g/mol. The topological polar surface area (TPSA) is 67.8 Å². The van der Waals surface area contributed by atoms with Gasteiger partial charge in [-0.15, -0.1) is 35.3 Å². The Morgan fingerprint density at radius 2 is 1.97 bits per heavy atom. The van der Waals surface area contributed by atoms with Crippen LogP contribution in [0.2, 0.25) is 0 Å². The van der Waals surface area contributed by atoms with Crippen molar-refractivity contribution in [2.24, 2.45) is 4.99 Å². The number of hydrogen-bond donors (Lipinski definition) is 2. The van der Waals surface area contributed by atoms with Crippen molar-refractivity contribution in [1.29, 1.82) is 0 Å². The summed E-state index contributed by atoms with van der Waals surface area (Å²) < 4.78 is 11.3. The van der Waals surface area contributed by atoms with E-state index in [9.17, 15) is 0 Å². The van der Waals surface area contributed by atoms with E-state index in [1.807, 2.05) is 38.1 Å². The van der Waals surface area contributed by atoms with Gasteiger partial charge in [-0.1, -0.05) is 12.1 Å². The molecule has 2 N–H and O–H groups in total. The third-order valence-electron chi connectivity index (χ3n) is 4.02. The van der Waals surface area contributed by atoms with E-state index in [1.54, 1.807) is 18.4 Å². The van der Waals surface area contributed by atoms with Gasteiger partial charge in [0.1, 0.15) is 6.10 Å². The predicted molar refractivity (Wildman–Crippen MR) is 132 cm³/mol. The number of hydrogen-bond acceptors (Lipinski definition) is 5. The predicted octanol–water partition coefficient (Wildman–Crippen LogP) is 4.42. The number of ether oxygens (including phenoxy) is 2. The quantitative estimate of drug-likeness (QED) is 0.194. The molecule has 0 amide bonds. The monoisotopic (exact) mass is 532 g/mol. The lowest BCUT2D eigenvalue weighted by molar-refractivity contribution is 0.219. The third kappa shape index (κ3) is 9.66. The van der Waals surface area contributed by atoms with Crippen LogP contribution in [0.5, 0.6) is 11.5 Å². The minimum atomic E-state index is -0.0556. The SMILES string of the molecule is CCNC(=NCC(C)Oc1ccccc1OC)NCCCCc1nc(C)cs1.I. The lowest BCUT2D eigenvalue weighted by atomic mass is 10.2. The Morgan fingerprint density at radius 3 is 2.62 bits per heavy atom. The zero-order chi connectivity index (χ0) is 20.2. The molecule has 0 bridgehead atoms. The Hall–Kier alpha value is -1.55. The Morgan fingerprint density at radius 1 is 1.21 bits per heavy atom. The van der Waals surface area contributed by atoms with Crippen LogP contribution in [0, 0.1) is 6.92 Å². The van der Waals surface area contributed by atoms with Crippen LogP contribution in [-0.4, -0.2) is 43.8 Å². The molecule has 8 heteroatoms. The van der Waals surface area contributed by atoms with E-state index in [4.69, 9.17) is 9.47 Å². The number of guanidine groups is 1. The van der Waals surface area contributed by atoms with E-state index in [-0.39, 0.29) is 30.1 Å². The molecule has 1 aromatic carbocycles. The first-order valence-corrected chi connectivity index (χ1v) is 10.7. The van der Waals surface area contributed by atoms with E-state index >= 15 is 0 Å².